The van der Waals surface area contributed by atoms with Crippen molar-refractivity contribution in [3.63, 3.8) is 0 Å². The number of nitrogens with zero attached hydrogens (tertiary/aromatic N) is 3. The number of rotatable bonds is 5. The molecule has 120 valence electrons. The zero-order chi connectivity index (χ0) is 16.3. The topological polar surface area (TPSA) is 93.5 Å². The number of carbonyl (C=O) groups excluding carboxylic acids is 3. The Morgan fingerprint density at radius 3 is 2.91 bits per heavy atom. The number of methoxy groups -OCH3 is 1. The molecule has 0 aliphatic carbocycles. The standard InChI is InChI=1S/C13H18N4O4S/c1-16(7-10(18)14-9-4-5-22-13(9)20)12(19)8-6-17(2)15-11(8)21-3/h6,9H,4-5,7H2,1-3H3,(H,14,18). The van der Waals surface area contributed by atoms with E-state index in [-0.39, 0.29) is 34.9 Å². The Morgan fingerprint density at radius 1 is 1.59 bits per heavy atom. The molecule has 0 aromatic carbocycles. The van der Waals surface area contributed by atoms with Gasteiger partial charge in [0.1, 0.15) is 5.56 Å². The molecule has 2 heterocycles. The Labute approximate surface area is 132 Å². The van der Waals surface area contributed by atoms with Crippen LogP contribution in [0, 0.1) is 0 Å². The van der Waals surface area contributed by atoms with Crippen molar-refractivity contribution in [1.29, 1.82) is 0 Å². The quantitative estimate of drug-likeness (QED) is 0.795. The predicted molar refractivity (Wildman–Crippen MR) is 80.7 cm³/mol. The van der Waals surface area contributed by atoms with Crippen LogP contribution >= 0.6 is 11.8 Å². The van der Waals surface area contributed by atoms with Crippen molar-refractivity contribution in [2.75, 3.05) is 26.5 Å². The highest BCUT2D eigenvalue weighted by molar-refractivity contribution is 8.14. The molecule has 1 aromatic heterocycles. The first kappa shape index (κ1) is 16.3. The summed E-state index contributed by atoms with van der Waals surface area (Å²) in [6.45, 7) is -0.134. The third-order valence-electron chi connectivity index (χ3n) is 3.22. The Bertz CT molecular complexity index is 601. The molecule has 1 aromatic rings. The summed E-state index contributed by atoms with van der Waals surface area (Å²) in [5.41, 5.74) is 0.285. The molecule has 1 aliphatic rings. The fourth-order valence-corrected chi connectivity index (χ4v) is 3.06. The molecule has 1 N–H and O–H groups in total. The second-order valence-corrected chi connectivity index (χ2v) is 6.06. The smallest absolute Gasteiger partial charge is 0.261 e. The van der Waals surface area contributed by atoms with Crippen LogP contribution in [0.5, 0.6) is 5.88 Å². The van der Waals surface area contributed by atoms with Crippen LogP contribution in [0.3, 0.4) is 0 Å². The van der Waals surface area contributed by atoms with E-state index in [4.69, 9.17) is 4.74 Å². The molecule has 0 spiro atoms. The molecule has 1 saturated heterocycles. The SMILES string of the molecule is COc1nn(C)cc1C(=O)N(C)CC(=O)NC1CCSC1=O. The Balaban J connectivity index is 1.95. The zero-order valence-electron chi connectivity index (χ0n) is 12.7. The number of hydrogen-bond acceptors (Lipinski definition) is 6. The van der Waals surface area contributed by atoms with E-state index in [0.29, 0.717) is 12.2 Å². The lowest BCUT2D eigenvalue weighted by Crippen LogP contribution is -2.44. The molecule has 0 bridgehead atoms. The minimum Gasteiger partial charge on any atom is -0.479 e. The summed E-state index contributed by atoms with van der Waals surface area (Å²) in [7, 11) is 4.62. The van der Waals surface area contributed by atoms with E-state index in [9.17, 15) is 14.4 Å². The van der Waals surface area contributed by atoms with Gasteiger partial charge in [-0.05, 0) is 6.42 Å². The van der Waals surface area contributed by atoms with E-state index >= 15 is 0 Å². The van der Waals surface area contributed by atoms with Gasteiger partial charge in [-0.25, -0.2) is 0 Å². The second-order valence-electron chi connectivity index (χ2n) is 4.96. The van der Waals surface area contributed by atoms with Crippen molar-refractivity contribution < 1.29 is 19.1 Å². The van der Waals surface area contributed by atoms with Crippen molar-refractivity contribution in [1.82, 2.24) is 20.0 Å². The van der Waals surface area contributed by atoms with Gasteiger partial charge in [-0.1, -0.05) is 11.8 Å². The minimum absolute atomic E-state index is 0.0312. The molecule has 9 heteroatoms. The molecular weight excluding hydrogens is 308 g/mol. The molecule has 22 heavy (non-hydrogen) atoms. The average Bonchev–Trinajstić information content (AvgIpc) is 3.04. The number of aryl methyl sites for hydroxylation is 1. The maximum absolute atomic E-state index is 12.3. The highest BCUT2D eigenvalue weighted by atomic mass is 32.2. The first-order valence-corrected chi connectivity index (χ1v) is 7.70. The number of amides is 2. The number of likely N-dealkylation sites (N-methyl/N-ethyl adjacent to an activating group) is 1. The molecular formula is C13H18N4O4S. The Hall–Kier alpha value is -2.03. The Morgan fingerprint density at radius 2 is 2.32 bits per heavy atom. The Kier molecular flexibility index (Phi) is 5.07. The monoisotopic (exact) mass is 326 g/mol. The highest BCUT2D eigenvalue weighted by Gasteiger charge is 2.28. The number of carbonyl (C=O) groups is 3. The van der Waals surface area contributed by atoms with E-state index in [0.717, 1.165) is 0 Å². The van der Waals surface area contributed by atoms with Crippen LogP contribution in [0.15, 0.2) is 6.20 Å². The maximum atomic E-state index is 12.3. The minimum atomic E-state index is -0.450. The van der Waals surface area contributed by atoms with E-state index in [1.807, 2.05) is 0 Å². The predicted octanol–water partition coefficient (Wildman–Crippen LogP) is -0.351. The van der Waals surface area contributed by atoms with Crippen LogP contribution in [-0.2, 0) is 16.6 Å². The maximum Gasteiger partial charge on any atom is 0.261 e. The van der Waals surface area contributed by atoms with Gasteiger partial charge >= 0.3 is 0 Å². The first-order valence-electron chi connectivity index (χ1n) is 6.71. The van der Waals surface area contributed by atoms with Gasteiger partial charge in [0.2, 0.25) is 16.9 Å². The molecule has 2 rings (SSSR count). The first-order chi connectivity index (χ1) is 10.4. The normalized spacial score (nSPS) is 17.4. The summed E-state index contributed by atoms with van der Waals surface area (Å²) in [4.78, 5) is 37.0. The van der Waals surface area contributed by atoms with Crippen molar-refractivity contribution >= 4 is 28.7 Å². The van der Waals surface area contributed by atoms with Crippen LogP contribution in [0.25, 0.3) is 0 Å². The summed E-state index contributed by atoms with van der Waals surface area (Å²) < 4.78 is 6.50. The molecule has 2 amide bonds. The molecule has 1 unspecified atom stereocenters. The summed E-state index contributed by atoms with van der Waals surface area (Å²) in [5.74, 6) is 0.194. The number of hydrogen-bond donors (Lipinski definition) is 1. The van der Waals surface area contributed by atoms with Crippen LogP contribution in [-0.4, -0.2) is 64.1 Å². The summed E-state index contributed by atoms with van der Waals surface area (Å²) >= 11 is 1.22. The lowest BCUT2D eigenvalue weighted by molar-refractivity contribution is -0.124. The van der Waals surface area contributed by atoms with Crippen LogP contribution in [0.1, 0.15) is 16.8 Å². The third-order valence-corrected chi connectivity index (χ3v) is 4.23. The summed E-state index contributed by atoms with van der Waals surface area (Å²) in [6.07, 6.45) is 2.16. The lowest BCUT2D eigenvalue weighted by Gasteiger charge is -2.17. The molecule has 1 fully saturated rings. The summed E-state index contributed by atoms with van der Waals surface area (Å²) in [5, 5.41) is 6.62. The largest absolute Gasteiger partial charge is 0.479 e. The highest BCUT2D eigenvalue weighted by Crippen LogP contribution is 2.19. The third kappa shape index (κ3) is 3.59. The van der Waals surface area contributed by atoms with Gasteiger partial charge in [-0.15, -0.1) is 5.10 Å². The van der Waals surface area contributed by atoms with Crippen molar-refractivity contribution in [3.05, 3.63) is 11.8 Å². The molecule has 1 aliphatic heterocycles. The number of nitrogens with one attached hydrogen (secondary N) is 1. The second kappa shape index (κ2) is 6.82. The van der Waals surface area contributed by atoms with E-state index in [2.05, 4.69) is 10.4 Å². The number of thioether (sulfide) groups is 1. The van der Waals surface area contributed by atoms with Gasteiger partial charge in [0, 0.05) is 26.0 Å². The van der Waals surface area contributed by atoms with Gasteiger partial charge in [0.15, 0.2) is 0 Å². The fourth-order valence-electron chi connectivity index (χ4n) is 2.13. The molecule has 1 atom stereocenters. The van der Waals surface area contributed by atoms with Gasteiger partial charge in [0.05, 0.1) is 19.7 Å². The van der Waals surface area contributed by atoms with Crippen molar-refractivity contribution in [2.45, 2.75) is 12.5 Å². The fraction of sp³-hybridized carbons (Fsp3) is 0.538. The van der Waals surface area contributed by atoms with Crippen molar-refractivity contribution in [3.8, 4) is 5.88 Å². The number of aromatic nitrogens is 2. The average molecular weight is 326 g/mol. The molecule has 8 nitrogen and oxygen atoms in total. The van der Waals surface area contributed by atoms with Gasteiger partial charge < -0.3 is 15.0 Å². The van der Waals surface area contributed by atoms with E-state index < -0.39 is 6.04 Å². The zero-order valence-corrected chi connectivity index (χ0v) is 13.5. The van der Waals surface area contributed by atoms with E-state index in [1.165, 1.54) is 41.7 Å². The van der Waals surface area contributed by atoms with Crippen LogP contribution in [0.4, 0.5) is 0 Å². The van der Waals surface area contributed by atoms with Gasteiger partial charge in [0.25, 0.3) is 5.91 Å². The van der Waals surface area contributed by atoms with Gasteiger partial charge in [-0.2, -0.15) is 0 Å². The lowest BCUT2D eigenvalue weighted by atomic mass is 10.2. The molecule has 0 saturated carbocycles. The van der Waals surface area contributed by atoms with E-state index in [1.54, 1.807) is 7.05 Å². The van der Waals surface area contributed by atoms with Crippen molar-refractivity contribution in [2.24, 2.45) is 7.05 Å². The van der Waals surface area contributed by atoms with Crippen LogP contribution in [0.2, 0.25) is 0 Å². The number of ether oxygens (including phenoxy) is 1. The van der Waals surface area contributed by atoms with Crippen LogP contribution < -0.4 is 10.1 Å². The van der Waals surface area contributed by atoms with Gasteiger partial charge in [-0.3, -0.25) is 19.1 Å². The molecule has 0 radical (unpaired) electrons. The summed E-state index contributed by atoms with van der Waals surface area (Å²) in [6, 6.07) is -0.450.